The highest BCUT2D eigenvalue weighted by molar-refractivity contribution is 6.03. The first-order chi connectivity index (χ1) is 15.3. The number of carbonyl (C=O) groups excluding carboxylic acids is 1. The quantitative estimate of drug-likeness (QED) is 0.465. The molecule has 152 valence electrons. The molecule has 0 saturated carbocycles. The first-order valence-electron chi connectivity index (χ1n) is 10.2. The molecule has 0 bridgehead atoms. The molecular weight excluding hydrogens is 390 g/mol. The van der Waals surface area contributed by atoms with Gasteiger partial charge < -0.3 is 19.1 Å². The summed E-state index contributed by atoms with van der Waals surface area (Å²) in [6.07, 6.45) is -0.748. The standard InChI is InChI=1S/C26H19NO4/c28-26-25(20-12-6-10-18-9-4-5-11-19(18)20)31-22-14-24-23(29-16-30-24)13-21(22)27(26)15-17-7-2-1-3-8-17/h1-14,25H,15-16H2. The third-order valence-corrected chi connectivity index (χ3v) is 5.77. The van der Waals surface area contributed by atoms with Crippen LogP contribution in [0.2, 0.25) is 0 Å². The Morgan fingerprint density at radius 2 is 1.55 bits per heavy atom. The number of ether oxygens (including phenoxy) is 3. The van der Waals surface area contributed by atoms with Gasteiger partial charge in [-0.25, -0.2) is 0 Å². The van der Waals surface area contributed by atoms with Crippen molar-refractivity contribution in [2.24, 2.45) is 0 Å². The Hall–Kier alpha value is -3.99. The summed E-state index contributed by atoms with van der Waals surface area (Å²) in [6.45, 7) is 0.606. The van der Waals surface area contributed by atoms with Gasteiger partial charge in [-0.15, -0.1) is 0 Å². The summed E-state index contributed by atoms with van der Waals surface area (Å²) in [6, 6.07) is 27.6. The van der Waals surface area contributed by atoms with Gasteiger partial charge in [-0.1, -0.05) is 72.8 Å². The van der Waals surface area contributed by atoms with Crippen molar-refractivity contribution in [3.8, 4) is 17.2 Å². The van der Waals surface area contributed by atoms with E-state index in [0.29, 0.717) is 29.5 Å². The van der Waals surface area contributed by atoms with Crippen LogP contribution in [0.1, 0.15) is 17.2 Å². The van der Waals surface area contributed by atoms with Gasteiger partial charge in [0.05, 0.1) is 12.2 Å². The van der Waals surface area contributed by atoms with Crippen molar-refractivity contribution in [1.29, 1.82) is 0 Å². The maximum atomic E-state index is 13.8. The predicted molar refractivity (Wildman–Crippen MR) is 118 cm³/mol. The molecule has 1 amide bonds. The lowest BCUT2D eigenvalue weighted by atomic mass is 9.98. The van der Waals surface area contributed by atoms with Crippen LogP contribution in [0.15, 0.2) is 84.9 Å². The summed E-state index contributed by atoms with van der Waals surface area (Å²) in [4.78, 5) is 15.5. The Balaban J connectivity index is 1.50. The minimum Gasteiger partial charge on any atom is -0.473 e. The molecule has 4 aromatic rings. The highest BCUT2D eigenvalue weighted by Gasteiger charge is 2.38. The van der Waals surface area contributed by atoms with Gasteiger partial charge in [0.1, 0.15) is 5.75 Å². The third kappa shape index (κ3) is 2.97. The Morgan fingerprint density at radius 3 is 2.42 bits per heavy atom. The topological polar surface area (TPSA) is 48.0 Å². The zero-order valence-electron chi connectivity index (χ0n) is 16.7. The average molecular weight is 409 g/mol. The van der Waals surface area contributed by atoms with Crippen LogP contribution in [0.3, 0.4) is 0 Å². The number of fused-ring (bicyclic) bond motifs is 3. The number of benzene rings is 4. The number of hydrogen-bond acceptors (Lipinski definition) is 4. The molecule has 5 nitrogen and oxygen atoms in total. The van der Waals surface area contributed by atoms with Gasteiger partial charge >= 0.3 is 0 Å². The number of carbonyl (C=O) groups is 1. The smallest absolute Gasteiger partial charge is 0.273 e. The largest absolute Gasteiger partial charge is 0.473 e. The molecular formula is C26H19NO4. The SMILES string of the molecule is O=C1C(c2cccc3ccccc23)Oc2cc3c(cc2N1Cc1ccccc1)OCO3. The fourth-order valence-corrected chi connectivity index (χ4v) is 4.26. The number of anilines is 1. The number of nitrogens with zero attached hydrogens (tertiary/aromatic N) is 1. The maximum absolute atomic E-state index is 13.8. The van der Waals surface area contributed by atoms with Crippen LogP contribution in [0.25, 0.3) is 10.8 Å². The van der Waals surface area contributed by atoms with E-state index in [1.807, 2.05) is 84.9 Å². The van der Waals surface area contributed by atoms with Gasteiger partial charge in [0, 0.05) is 17.7 Å². The number of rotatable bonds is 3. The lowest BCUT2D eigenvalue weighted by Crippen LogP contribution is -2.40. The molecule has 2 aliphatic heterocycles. The van der Waals surface area contributed by atoms with Gasteiger partial charge in [-0.2, -0.15) is 0 Å². The molecule has 31 heavy (non-hydrogen) atoms. The fourth-order valence-electron chi connectivity index (χ4n) is 4.26. The number of amides is 1. The lowest BCUT2D eigenvalue weighted by molar-refractivity contribution is -0.126. The van der Waals surface area contributed by atoms with Gasteiger partial charge in [0.15, 0.2) is 11.5 Å². The first kappa shape index (κ1) is 17.8. The van der Waals surface area contributed by atoms with Crippen molar-refractivity contribution in [1.82, 2.24) is 0 Å². The summed E-state index contributed by atoms with van der Waals surface area (Å²) in [5.74, 6) is 1.76. The average Bonchev–Trinajstić information content (AvgIpc) is 3.27. The minimum absolute atomic E-state index is 0.105. The number of hydrogen-bond donors (Lipinski definition) is 0. The van der Waals surface area contributed by atoms with Crippen molar-refractivity contribution >= 4 is 22.4 Å². The Kier molecular flexibility index (Phi) is 4.06. The predicted octanol–water partition coefficient (Wildman–Crippen LogP) is 5.24. The maximum Gasteiger partial charge on any atom is 0.273 e. The third-order valence-electron chi connectivity index (χ3n) is 5.77. The van der Waals surface area contributed by atoms with E-state index in [1.165, 1.54) is 0 Å². The summed E-state index contributed by atoms with van der Waals surface area (Å²) in [7, 11) is 0. The monoisotopic (exact) mass is 409 g/mol. The molecule has 2 heterocycles. The molecule has 0 fully saturated rings. The highest BCUT2D eigenvalue weighted by atomic mass is 16.7. The van der Waals surface area contributed by atoms with Crippen LogP contribution in [0.5, 0.6) is 17.2 Å². The molecule has 0 spiro atoms. The van der Waals surface area contributed by atoms with Crippen LogP contribution in [0.4, 0.5) is 5.69 Å². The normalized spacial score (nSPS) is 16.8. The van der Waals surface area contributed by atoms with Gasteiger partial charge in [0.2, 0.25) is 12.9 Å². The summed E-state index contributed by atoms with van der Waals surface area (Å²) in [5, 5.41) is 2.08. The van der Waals surface area contributed by atoms with E-state index >= 15 is 0 Å². The van der Waals surface area contributed by atoms with Gasteiger partial charge in [-0.3, -0.25) is 4.79 Å². The van der Waals surface area contributed by atoms with Crippen molar-refractivity contribution in [3.05, 3.63) is 96.1 Å². The molecule has 0 saturated heterocycles. The molecule has 4 aromatic carbocycles. The van der Waals surface area contributed by atoms with Crippen LogP contribution in [-0.4, -0.2) is 12.7 Å². The van der Waals surface area contributed by atoms with Crippen molar-refractivity contribution in [2.75, 3.05) is 11.7 Å². The van der Waals surface area contributed by atoms with Crippen molar-refractivity contribution in [2.45, 2.75) is 12.6 Å². The molecule has 0 aliphatic carbocycles. The van der Waals surface area contributed by atoms with E-state index in [0.717, 1.165) is 21.9 Å². The molecule has 0 N–H and O–H groups in total. The second kappa shape index (κ2) is 7.06. The van der Waals surface area contributed by atoms with E-state index < -0.39 is 6.10 Å². The lowest BCUT2D eigenvalue weighted by Gasteiger charge is -2.35. The summed E-state index contributed by atoms with van der Waals surface area (Å²) in [5.41, 5.74) is 2.58. The van der Waals surface area contributed by atoms with E-state index in [-0.39, 0.29) is 12.7 Å². The minimum atomic E-state index is -0.748. The molecule has 5 heteroatoms. The zero-order chi connectivity index (χ0) is 20.8. The van der Waals surface area contributed by atoms with Gasteiger partial charge in [-0.05, 0) is 16.3 Å². The van der Waals surface area contributed by atoms with E-state index in [2.05, 4.69) is 0 Å². The van der Waals surface area contributed by atoms with E-state index in [9.17, 15) is 4.79 Å². The van der Waals surface area contributed by atoms with Crippen LogP contribution in [0, 0.1) is 0 Å². The van der Waals surface area contributed by atoms with Gasteiger partial charge in [0.25, 0.3) is 5.91 Å². The molecule has 2 aliphatic rings. The summed E-state index contributed by atoms with van der Waals surface area (Å²) < 4.78 is 17.4. The Morgan fingerprint density at radius 1 is 0.806 bits per heavy atom. The van der Waals surface area contributed by atoms with E-state index in [4.69, 9.17) is 14.2 Å². The van der Waals surface area contributed by atoms with Crippen molar-refractivity contribution < 1.29 is 19.0 Å². The molecule has 0 aromatic heterocycles. The van der Waals surface area contributed by atoms with Crippen LogP contribution < -0.4 is 19.1 Å². The second-order valence-corrected chi connectivity index (χ2v) is 7.65. The molecule has 0 radical (unpaired) electrons. The Labute approximate surface area is 179 Å². The van der Waals surface area contributed by atoms with Crippen LogP contribution in [-0.2, 0) is 11.3 Å². The first-order valence-corrected chi connectivity index (χ1v) is 10.2. The second-order valence-electron chi connectivity index (χ2n) is 7.65. The molecule has 1 atom stereocenters. The zero-order valence-corrected chi connectivity index (χ0v) is 16.7. The van der Waals surface area contributed by atoms with E-state index in [1.54, 1.807) is 4.90 Å². The summed E-state index contributed by atoms with van der Waals surface area (Å²) >= 11 is 0. The fraction of sp³-hybridized carbons (Fsp3) is 0.115. The highest BCUT2D eigenvalue weighted by Crippen LogP contribution is 2.47. The molecule has 1 unspecified atom stereocenters. The Bertz CT molecular complexity index is 1300. The molecule has 6 rings (SSSR count). The van der Waals surface area contributed by atoms with Crippen molar-refractivity contribution in [3.63, 3.8) is 0 Å². The van der Waals surface area contributed by atoms with Crippen LogP contribution >= 0.6 is 0 Å².